The number of carboxylic acids is 1. The summed E-state index contributed by atoms with van der Waals surface area (Å²) < 4.78 is 0. The Morgan fingerprint density at radius 3 is 2.21 bits per heavy atom. The van der Waals surface area contributed by atoms with E-state index in [9.17, 15) is 14.4 Å². The maximum Gasteiger partial charge on any atom is 0.305 e. The van der Waals surface area contributed by atoms with Crippen LogP contribution in [0.15, 0.2) is 54.6 Å². The van der Waals surface area contributed by atoms with Crippen LogP contribution in [0.5, 0.6) is 0 Å². The largest absolute Gasteiger partial charge is 0.481 e. The van der Waals surface area contributed by atoms with E-state index in [1.54, 1.807) is 54.6 Å². The van der Waals surface area contributed by atoms with Crippen LogP contribution in [0.2, 0.25) is 0 Å². The van der Waals surface area contributed by atoms with Gasteiger partial charge in [0, 0.05) is 24.2 Å². The fraction of sp³-hybridized carbons (Fsp3) is 0.167. The molecule has 0 atom stereocenters. The Labute approximate surface area is 139 Å². The number of carbonyl (C=O) groups excluding carboxylic acids is 2. The molecule has 0 aliphatic heterocycles. The summed E-state index contributed by atoms with van der Waals surface area (Å²) in [6, 6.07) is 15.3. The number of aliphatic carboxylic acids is 1. The number of primary amides is 1. The third kappa shape index (κ3) is 4.42. The summed E-state index contributed by atoms with van der Waals surface area (Å²) in [5.74, 6) is -1.88. The molecule has 6 heteroatoms. The first-order valence-electron chi connectivity index (χ1n) is 7.43. The third-order valence-corrected chi connectivity index (χ3v) is 3.55. The van der Waals surface area contributed by atoms with Gasteiger partial charge in [0.15, 0.2) is 0 Å². The Morgan fingerprint density at radius 1 is 0.958 bits per heavy atom. The molecule has 0 bridgehead atoms. The van der Waals surface area contributed by atoms with Gasteiger partial charge in [-0.15, -0.1) is 0 Å². The second-order valence-electron chi connectivity index (χ2n) is 5.26. The lowest BCUT2D eigenvalue weighted by atomic mass is 10.1. The van der Waals surface area contributed by atoms with Crippen molar-refractivity contribution in [1.29, 1.82) is 0 Å². The fourth-order valence-corrected chi connectivity index (χ4v) is 2.35. The summed E-state index contributed by atoms with van der Waals surface area (Å²) in [7, 11) is 0. The quantitative estimate of drug-likeness (QED) is 0.811. The standard InChI is InChI=1S/C18H18N2O4/c19-17(23)15-9-5-4-8-14(15)12-20(11-10-16(21)22)18(24)13-6-2-1-3-7-13/h1-9H,10-12H2,(H2,19,23)(H,21,22). The van der Waals surface area contributed by atoms with E-state index >= 15 is 0 Å². The van der Waals surface area contributed by atoms with Gasteiger partial charge < -0.3 is 15.7 Å². The van der Waals surface area contributed by atoms with Crippen LogP contribution < -0.4 is 5.73 Å². The average molecular weight is 326 g/mol. The van der Waals surface area contributed by atoms with E-state index in [4.69, 9.17) is 10.8 Å². The van der Waals surface area contributed by atoms with Crippen LogP contribution in [0.1, 0.15) is 32.7 Å². The molecule has 0 heterocycles. The van der Waals surface area contributed by atoms with Crippen molar-refractivity contribution in [3.8, 4) is 0 Å². The highest BCUT2D eigenvalue weighted by Crippen LogP contribution is 2.14. The first-order chi connectivity index (χ1) is 11.5. The Kier molecular flexibility index (Phi) is 5.68. The minimum Gasteiger partial charge on any atom is -0.481 e. The lowest BCUT2D eigenvalue weighted by molar-refractivity contribution is -0.137. The summed E-state index contributed by atoms with van der Waals surface area (Å²) in [5.41, 5.74) is 6.72. The number of carbonyl (C=O) groups is 3. The zero-order valence-corrected chi connectivity index (χ0v) is 13.0. The van der Waals surface area contributed by atoms with Crippen LogP contribution in [0.3, 0.4) is 0 Å². The maximum absolute atomic E-state index is 12.7. The SMILES string of the molecule is NC(=O)c1ccccc1CN(CCC(=O)O)C(=O)c1ccccc1. The Hall–Kier alpha value is -3.15. The molecule has 0 saturated heterocycles. The highest BCUT2D eigenvalue weighted by molar-refractivity contribution is 5.96. The van der Waals surface area contributed by atoms with Gasteiger partial charge in [-0.25, -0.2) is 0 Å². The van der Waals surface area contributed by atoms with Crippen LogP contribution in [-0.2, 0) is 11.3 Å². The van der Waals surface area contributed by atoms with Crippen molar-refractivity contribution in [1.82, 2.24) is 4.90 Å². The zero-order valence-electron chi connectivity index (χ0n) is 13.0. The molecule has 0 radical (unpaired) electrons. The second kappa shape index (κ2) is 7.92. The minimum atomic E-state index is -0.996. The van der Waals surface area contributed by atoms with Gasteiger partial charge in [-0.3, -0.25) is 14.4 Å². The molecule has 2 rings (SSSR count). The van der Waals surface area contributed by atoms with E-state index in [2.05, 4.69) is 0 Å². The molecule has 24 heavy (non-hydrogen) atoms. The Balaban J connectivity index is 2.28. The summed E-state index contributed by atoms with van der Waals surface area (Å²) in [4.78, 5) is 36.5. The van der Waals surface area contributed by atoms with Gasteiger partial charge in [0.05, 0.1) is 6.42 Å². The van der Waals surface area contributed by atoms with Crippen LogP contribution >= 0.6 is 0 Å². The van der Waals surface area contributed by atoms with Crippen molar-refractivity contribution >= 4 is 17.8 Å². The van der Waals surface area contributed by atoms with Crippen LogP contribution in [0, 0.1) is 0 Å². The second-order valence-corrected chi connectivity index (χ2v) is 5.26. The molecule has 0 unspecified atom stereocenters. The van der Waals surface area contributed by atoms with Gasteiger partial charge in [-0.05, 0) is 23.8 Å². The maximum atomic E-state index is 12.7. The van der Waals surface area contributed by atoms with Crippen LogP contribution in [0.25, 0.3) is 0 Å². The van der Waals surface area contributed by atoms with Gasteiger partial charge in [-0.2, -0.15) is 0 Å². The Bertz CT molecular complexity index is 744. The number of rotatable bonds is 7. The van der Waals surface area contributed by atoms with E-state index in [-0.39, 0.29) is 25.4 Å². The normalized spacial score (nSPS) is 10.2. The minimum absolute atomic E-state index is 0.0379. The predicted molar refractivity (Wildman–Crippen MR) is 88.4 cm³/mol. The first kappa shape index (κ1) is 17.2. The molecule has 0 aromatic heterocycles. The number of benzene rings is 2. The first-order valence-corrected chi connectivity index (χ1v) is 7.43. The average Bonchev–Trinajstić information content (AvgIpc) is 2.58. The molecule has 2 amide bonds. The fourth-order valence-electron chi connectivity index (χ4n) is 2.35. The Morgan fingerprint density at radius 2 is 1.58 bits per heavy atom. The molecule has 6 nitrogen and oxygen atoms in total. The van der Waals surface area contributed by atoms with Gasteiger partial charge in [0.1, 0.15) is 0 Å². The van der Waals surface area contributed by atoms with E-state index in [0.717, 1.165) is 0 Å². The topological polar surface area (TPSA) is 101 Å². The van der Waals surface area contributed by atoms with Crippen molar-refractivity contribution < 1.29 is 19.5 Å². The van der Waals surface area contributed by atoms with Gasteiger partial charge >= 0.3 is 5.97 Å². The van der Waals surface area contributed by atoms with E-state index in [1.165, 1.54) is 4.90 Å². The zero-order chi connectivity index (χ0) is 17.5. The van der Waals surface area contributed by atoms with Gasteiger partial charge in [0.2, 0.25) is 5.91 Å². The third-order valence-electron chi connectivity index (χ3n) is 3.55. The molecule has 2 aromatic rings. The molecular formula is C18H18N2O4. The van der Waals surface area contributed by atoms with Crippen molar-refractivity contribution in [3.63, 3.8) is 0 Å². The molecule has 0 fully saturated rings. The molecular weight excluding hydrogens is 308 g/mol. The molecule has 0 aliphatic carbocycles. The number of hydrogen-bond acceptors (Lipinski definition) is 3. The summed E-state index contributed by atoms with van der Waals surface area (Å²) in [5, 5.41) is 8.91. The highest BCUT2D eigenvalue weighted by Gasteiger charge is 2.19. The molecule has 0 spiro atoms. The predicted octanol–water partition coefficient (Wildman–Crippen LogP) is 1.90. The molecule has 2 aromatic carbocycles. The smallest absolute Gasteiger partial charge is 0.305 e. The van der Waals surface area contributed by atoms with Gasteiger partial charge in [-0.1, -0.05) is 36.4 Å². The van der Waals surface area contributed by atoms with Crippen molar-refractivity contribution in [2.45, 2.75) is 13.0 Å². The van der Waals surface area contributed by atoms with Crippen LogP contribution in [0.4, 0.5) is 0 Å². The van der Waals surface area contributed by atoms with Crippen molar-refractivity contribution in [3.05, 3.63) is 71.3 Å². The molecule has 124 valence electrons. The van der Waals surface area contributed by atoms with Gasteiger partial charge in [0.25, 0.3) is 5.91 Å². The number of nitrogens with zero attached hydrogens (tertiary/aromatic N) is 1. The van der Waals surface area contributed by atoms with E-state index in [1.807, 2.05) is 0 Å². The lowest BCUT2D eigenvalue weighted by Gasteiger charge is -2.23. The lowest BCUT2D eigenvalue weighted by Crippen LogP contribution is -2.33. The van der Waals surface area contributed by atoms with Crippen molar-refractivity contribution in [2.75, 3.05) is 6.54 Å². The summed E-state index contributed by atoms with van der Waals surface area (Å²) in [6.07, 6.45) is -0.183. The van der Waals surface area contributed by atoms with Crippen molar-refractivity contribution in [2.24, 2.45) is 5.73 Å². The van der Waals surface area contributed by atoms with E-state index < -0.39 is 11.9 Å². The summed E-state index contributed by atoms with van der Waals surface area (Å²) in [6.45, 7) is 0.149. The molecule has 0 aliphatic rings. The number of nitrogens with two attached hydrogens (primary N) is 1. The highest BCUT2D eigenvalue weighted by atomic mass is 16.4. The number of carboxylic acid groups (broad SMARTS) is 1. The number of amides is 2. The monoisotopic (exact) mass is 326 g/mol. The van der Waals surface area contributed by atoms with E-state index in [0.29, 0.717) is 16.7 Å². The van der Waals surface area contributed by atoms with Crippen LogP contribution in [-0.4, -0.2) is 34.3 Å². The molecule has 0 saturated carbocycles. The molecule has 3 N–H and O–H groups in total. The summed E-state index contributed by atoms with van der Waals surface area (Å²) >= 11 is 0. The number of hydrogen-bond donors (Lipinski definition) is 2.